The molecular weight excluding hydrogens is 332 g/mol. The van der Waals surface area contributed by atoms with Gasteiger partial charge in [0.1, 0.15) is 6.04 Å². The summed E-state index contributed by atoms with van der Waals surface area (Å²) < 4.78 is 0. The van der Waals surface area contributed by atoms with Crippen molar-refractivity contribution in [2.75, 3.05) is 13.1 Å². The normalized spacial score (nSPS) is 28.8. The van der Waals surface area contributed by atoms with E-state index in [-0.39, 0.29) is 24.1 Å². The highest BCUT2D eigenvalue weighted by Gasteiger charge is 2.57. The lowest BCUT2D eigenvalue weighted by atomic mass is 9.99. The largest absolute Gasteiger partial charge is 0.322 e. The van der Waals surface area contributed by atoms with Crippen LogP contribution in [0.4, 0.5) is 0 Å². The van der Waals surface area contributed by atoms with Crippen molar-refractivity contribution in [3.05, 3.63) is 34.9 Å². The summed E-state index contributed by atoms with van der Waals surface area (Å²) in [6.45, 7) is 3.46. The highest BCUT2D eigenvalue weighted by atomic mass is 16.2. The number of nitrogens with one attached hydrogen (secondary N) is 3. The standard InChI is InChI=1S/C19H22N4O3/c24-16-4-3-14(17(25)22-16)23-8-12-5-11(1-2-13(12)18(23)26)7-21-15-6-19(15)9-20-10-19/h1-2,5,14-15,20-21H,3-4,6-10H2,(H,22,24,25). The van der Waals surface area contributed by atoms with E-state index in [0.717, 1.165) is 30.8 Å². The number of imide groups is 1. The lowest BCUT2D eigenvalue weighted by Gasteiger charge is -2.29. The zero-order valence-corrected chi connectivity index (χ0v) is 14.5. The number of amides is 3. The third kappa shape index (κ3) is 2.46. The van der Waals surface area contributed by atoms with Crippen molar-refractivity contribution in [2.45, 2.75) is 44.4 Å². The van der Waals surface area contributed by atoms with Crippen LogP contribution >= 0.6 is 0 Å². The van der Waals surface area contributed by atoms with Crippen LogP contribution in [0.1, 0.15) is 40.7 Å². The fourth-order valence-electron chi connectivity index (χ4n) is 4.45. The molecule has 136 valence electrons. The second-order valence-corrected chi connectivity index (χ2v) is 7.99. The van der Waals surface area contributed by atoms with E-state index in [0.29, 0.717) is 30.0 Å². The molecule has 3 aliphatic heterocycles. The van der Waals surface area contributed by atoms with Gasteiger partial charge in [0.2, 0.25) is 11.8 Å². The van der Waals surface area contributed by atoms with E-state index >= 15 is 0 Å². The first kappa shape index (κ1) is 16.0. The van der Waals surface area contributed by atoms with Crippen molar-refractivity contribution in [3.8, 4) is 0 Å². The number of carbonyl (C=O) groups excluding carboxylic acids is 3. The fraction of sp³-hybridized carbons (Fsp3) is 0.526. The van der Waals surface area contributed by atoms with E-state index in [1.165, 1.54) is 6.42 Å². The molecule has 0 aromatic heterocycles. The number of fused-ring (bicyclic) bond motifs is 1. The molecule has 2 unspecified atom stereocenters. The Morgan fingerprint density at radius 1 is 1.23 bits per heavy atom. The van der Waals surface area contributed by atoms with Crippen LogP contribution in [-0.2, 0) is 22.7 Å². The molecule has 5 rings (SSSR count). The van der Waals surface area contributed by atoms with Crippen LogP contribution in [0.25, 0.3) is 0 Å². The number of hydrogen-bond donors (Lipinski definition) is 3. The highest BCUT2D eigenvalue weighted by molar-refractivity contribution is 6.05. The van der Waals surface area contributed by atoms with Gasteiger partial charge in [-0.1, -0.05) is 12.1 Å². The Hall–Kier alpha value is -2.25. The first-order valence-electron chi connectivity index (χ1n) is 9.26. The van der Waals surface area contributed by atoms with Crippen LogP contribution in [0.5, 0.6) is 0 Å². The lowest BCUT2D eigenvalue weighted by Crippen LogP contribution is -2.52. The van der Waals surface area contributed by atoms with E-state index < -0.39 is 6.04 Å². The molecule has 3 N–H and O–H groups in total. The van der Waals surface area contributed by atoms with Crippen LogP contribution in [0, 0.1) is 5.41 Å². The van der Waals surface area contributed by atoms with E-state index in [1.54, 1.807) is 4.90 Å². The zero-order valence-electron chi connectivity index (χ0n) is 14.5. The van der Waals surface area contributed by atoms with Crippen molar-refractivity contribution in [2.24, 2.45) is 5.41 Å². The Labute approximate surface area is 151 Å². The van der Waals surface area contributed by atoms with Gasteiger partial charge >= 0.3 is 0 Å². The predicted octanol–water partition coefficient (Wildman–Crippen LogP) is -0.101. The summed E-state index contributed by atoms with van der Waals surface area (Å²) in [5.41, 5.74) is 3.30. The summed E-state index contributed by atoms with van der Waals surface area (Å²) >= 11 is 0. The summed E-state index contributed by atoms with van der Waals surface area (Å²) in [5.74, 6) is -0.739. The summed E-state index contributed by atoms with van der Waals surface area (Å²) in [4.78, 5) is 37.7. The third-order valence-corrected chi connectivity index (χ3v) is 6.28. The summed E-state index contributed by atoms with van der Waals surface area (Å²) in [5, 5.41) is 9.29. The number of hydrogen-bond acceptors (Lipinski definition) is 5. The maximum Gasteiger partial charge on any atom is 0.255 e. The molecule has 0 radical (unpaired) electrons. The van der Waals surface area contributed by atoms with E-state index in [1.807, 2.05) is 12.1 Å². The highest BCUT2D eigenvalue weighted by Crippen LogP contribution is 2.49. The van der Waals surface area contributed by atoms with Crippen LogP contribution < -0.4 is 16.0 Å². The van der Waals surface area contributed by atoms with Crippen molar-refractivity contribution in [1.29, 1.82) is 0 Å². The molecule has 2 atom stereocenters. The molecule has 7 heteroatoms. The van der Waals surface area contributed by atoms with Crippen molar-refractivity contribution in [1.82, 2.24) is 20.9 Å². The van der Waals surface area contributed by atoms with Crippen LogP contribution in [0.2, 0.25) is 0 Å². The van der Waals surface area contributed by atoms with Gasteiger partial charge in [0.05, 0.1) is 0 Å². The molecule has 1 aliphatic carbocycles. The molecule has 3 amide bonds. The molecule has 3 fully saturated rings. The van der Waals surface area contributed by atoms with Gasteiger partial charge in [0, 0.05) is 49.6 Å². The lowest BCUT2D eigenvalue weighted by molar-refractivity contribution is -0.136. The maximum atomic E-state index is 12.7. The molecule has 1 spiro atoms. The molecule has 3 heterocycles. The first-order valence-corrected chi connectivity index (χ1v) is 9.26. The van der Waals surface area contributed by atoms with Crippen LogP contribution in [0.15, 0.2) is 18.2 Å². The van der Waals surface area contributed by atoms with Gasteiger partial charge in [-0.25, -0.2) is 0 Å². The average Bonchev–Trinajstić information content (AvgIpc) is 3.25. The fourth-order valence-corrected chi connectivity index (χ4v) is 4.45. The second-order valence-electron chi connectivity index (χ2n) is 7.99. The first-order chi connectivity index (χ1) is 12.6. The number of nitrogens with zero attached hydrogens (tertiary/aromatic N) is 1. The topological polar surface area (TPSA) is 90.5 Å². The molecule has 1 aromatic rings. The van der Waals surface area contributed by atoms with Crippen molar-refractivity contribution < 1.29 is 14.4 Å². The molecule has 0 bridgehead atoms. The Morgan fingerprint density at radius 3 is 2.77 bits per heavy atom. The zero-order chi connectivity index (χ0) is 17.9. The van der Waals surface area contributed by atoms with Crippen LogP contribution in [-0.4, -0.2) is 47.8 Å². The van der Waals surface area contributed by atoms with Gasteiger partial charge in [-0.05, 0) is 30.0 Å². The van der Waals surface area contributed by atoms with Crippen LogP contribution in [0.3, 0.4) is 0 Å². The monoisotopic (exact) mass is 354 g/mol. The van der Waals surface area contributed by atoms with Gasteiger partial charge in [-0.2, -0.15) is 0 Å². The molecule has 4 aliphatic rings. The molecule has 26 heavy (non-hydrogen) atoms. The van der Waals surface area contributed by atoms with Gasteiger partial charge in [-0.15, -0.1) is 0 Å². The molecular formula is C19H22N4O3. The minimum Gasteiger partial charge on any atom is -0.322 e. The van der Waals surface area contributed by atoms with Gasteiger partial charge in [0.15, 0.2) is 0 Å². The van der Waals surface area contributed by atoms with E-state index in [9.17, 15) is 14.4 Å². The number of rotatable bonds is 4. The van der Waals surface area contributed by atoms with E-state index in [2.05, 4.69) is 22.0 Å². The van der Waals surface area contributed by atoms with Crippen molar-refractivity contribution >= 4 is 17.7 Å². The summed E-state index contributed by atoms with van der Waals surface area (Å²) in [7, 11) is 0. The maximum absolute atomic E-state index is 12.7. The molecule has 7 nitrogen and oxygen atoms in total. The van der Waals surface area contributed by atoms with Gasteiger partial charge < -0.3 is 15.5 Å². The Bertz CT molecular complexity index is 817. The number of benzene rings is 1. The molecule has 2 saturated heterocycles. The molecule has 1 saturated carbocycles. The average molecular weight is 354 g/mol. The second kappa shape index (κ2) is 5.62. The summed E-state index contributed by atoms with van der Waals surface area (Å²) in [6, 6.07) is 5.98. The third-order valence-electron chi connectivity index (χ3n) is 6.28. The Kier molecular flexibility index (Phi) is 3.45. The number of piperidine rings is 1. The number of carbonyl (C=O) groups is 3. The Balaban J connectivity index is 1.26. The smallest absolute Gasteiger partial charge is 0.255 e. The summed E-state index contributed by atoms with van der Waals surface area (Å²) in [6.07, 6.45) is 1.92. The quantitative estimate of drug-likeness (QED) is 0.657. The van der Waals surface area contributed by atoms with Crippen molar-refractivity contribution in [3.63, 3.8) is 0 Å². The minimum absolute atomic E-state index is 0.115. The van der Waals surface area contributed by atoms with Gasteiger partial charge in [0.25, 0.3) is 5.91 Å². The SMILES string of the molecule is O=C1CCC(N2Cc3cc(CNC4CC45CNC5)ccc3C2=O)C(=O)N1. The minimum atomic E-state index is -0.549. The Morgan fingerprint density at radius 2 is 2.08 bits per heavy atom. The predicted molar refractivity (Wildman–Crippen MR) is 93.0 cm³/mol. The van der Waals surface area contributed by atoms with E-state index in [4.69, 9.17) is 0 Å². The molecule has 1 aromatic carbocycles. The van der Waals surface area contributed by atoms with Gasteiger partial charge in [-0.3, -0.25) is 19.7 Å².